The van der Waals surface area contributed by atoms with E-state index >= 15 is 0 Å². The van der Waals surface area contributed by atoms with Gasteiger partial charge in [0.2, 0.25) is 0 Å². The van der Waals surface area contributed by atoms with Crippen LogP contribution < -0.4 is 14.9 Å². The van der Waals surface area contributed by atoms with Crippen molar-refractivity contribution in [3.8, 4) is 5.75 Å². The van der Waals surface area contributed by atoms with Gasteiger partial charge in [0, 0.05) is 34.8 Å². The Kier molecular flexibility index (Phi) is 5.96. The average molecular weight is 465 g/mol. The van der Waals surface area contributed by atoms with E-state index in [1.807, 2.05) is 24.3 Å². The van der Waals surface area contributed by atoms with Gasteiger partial charge in [-0.2, -0.15) is 5.10 Å². The maximum absolute atomic E-state index is 13.1. The molecular formula is C22H19N5O5S. The van der Waals surface area contributed by atoms with E-state index in [9.17, 15) is 18.5 Å². The summed E-state index contributed by atoms with van der Waals surface area (Å²) in [5.41, 5.74) is 4.29. The van der Waals surface area contributed by atoms with Crippen molar-refractivity contribution in [2.24, 2.45) is 5.10 Å². The fraction of sp³-hybridized carbons (Fsp3) is 0.0455. The van der Waals surface area contributed by atoms with Crippen LogP contribution in [0, 0.1) is 10.1 Å². The second kappa shape index (κ2) is 9.01. The molecule has 1 aromatic heterocycles. The quantitative estimate of drug-likeness (QED) is 0.201. The molecule has 0 aliphatic heterocycles. The van der Waals surface area contributed by atoms with Crippen LogP contribution in [0.3, 0.4) is 0 Å². The molecule has 0 unspecified atom stereocenters. The van der Waals surface area contributed by atoms with E-state index in [4.69, 9.17) is 4.74 Å². The molecule has 0 radical (unpaired) electrons. The Bertz CT molecular complexity index is 1460. The number of rotatable bonds is 8. The number of methoxy groups -OCH3 is 1. The zero-order valence-electron chi connectivity index (χ0n) is 17.3. The highest BCUT2D eigenvalue weighted by Crippen LogP contribution is 2.31. The fourth-order valence-corrected chi connectivity index (χ4v) is 4.49. The SMILES string of the molecule is COc1ccccc1NS(=O)(=O)c1cc([N+](=O)[O-])ccc1NN=Cc1c[nH]c2ccccc12. The van der Waals surface area contributed by atoms with E-state index in [0.717, 1.165) is 22.5 Å². The van der Waals surface area contributed by atoms with Crippen LogP contribution in [0.15, 0.2) is 82.9 Å². The summed E-state index contributed by atoms with van der Waals surface area (Å²) in [5.74, 6) is 0.304. The summed E-state index contributed by atoms with van der Waals surface area (Å²) in [6.45, 7) is 0. The number of anilines is 2. The zero-order chi connectivity index (χ0) is 23.4. The third kappa shape index (κ3) is 4.62. The van der Waals surface area contributed by atoms with Crippen LogP contribution in [0.1, 0.15) is 5.56 Å². The van der Waals surface area contributed by atoms with Crippen LogP contribution in [0.4, 0.5) is 17.1 Å². The third-order valence-corrected chi connectivity index (χ3v) is 6.23. The lowest BCUT2D eigenvalue weighted by atomic mass is 10.2. The first-order valence-electron chi connectivity index (χ1n) is 9.68. The first-order valence-corrected chi connectivity index (χ1v) is 11.2. The summed E-state index contributed by atoms with van der Waals surface area (Å²) in [5, 5.41) is 16.3. The van der Waals surface area contributed by atoms with E-state index in [1.165, 1.54) is 31.5 Å². The zero-order valence-corrected chi connectivity index (χ0v) is 18.2. The predicted octanol–water partition coefficient (Wildman–Crippen LogP) is 4.33. The van der Waals surface area contributed by atoms with Gasteiger partial charge in [0.1, 0.15) is 10.6 Å². The van der Waals surface area contributed by atoms with Gasteiger partial charge >= 0.3 is 0 Å². The molecule has 3 N–H and O–H groups in total. The number of nitro benzene ring substituents is 1. The molecular weight excluding hydrogens is 446 g/mol. The Hall–Kier alpha value is -4.38. The number of nitro groups is 1. The highest BCUT2D eigenvalue weighted by Gasteiger charge is 2.23. The highest BCUT2D eigenvalue weighted by molar-refractivity contribution is 7.93. The number of non-ortho nitro benzene ring substituents is 1. The summed E-state index contributed by atoms with van der Waals surface area (Å²) >= 11 is 0. The van der Waals surface area contributed by atoms with Crippen molar-refractivity contribution in [1.29, 1.82) is 0 Å². The van der Waals surface area contributed by atoms with Gasteiger partial charge < -0.3 is 9.72 Å². The lowest BCUT2D eigenvalue weighted by Crippen LogP contribution is -2.15. The lowest BCUT2D eigenvalue weighted by Gasteiger charge is -2.14. The predicted molar refractivity (Wildman–Crippen MR) is 126 cm³/mol. The maximum Gasteiger partial charge on any atom is 0.270 e. The lowest BCUT2D eigenvalue weighted by molar-refractivity contribution is -0.385. The minimum Gasteiger partial charge on any atom is -0.495 e. The summed E-state index contributed by atoms with van der Waals surface area (Å²) in [6, 6.07) is 17.6. The first-order chi connectivity index (χ1) is 15.9. The molecule has 3 aromatic carbocycles. The number of nitrogens with one attached hydrogen (secondary N) is 3. The molecule has 0 atom stereocenters. The Labute approximate surface area is 189 Å². The number of aromatic nitrogens is 1. The summed E-state index contributed by atoms with van der Waals surface area (Å²) in [7, 11) is -2.82. The average Bonchev–Trinajstić information content (AvgIpc) is 3.22. The number of H-pyrrole nitrogens is 1. The number of hydrogen-bond acceptors (Lipinski definition) is 7. The molecule has 0 aliphatic rings. The van der Waals surface area contributed by atoms with Crippen LogP contribution in [0.2, 0.25) is 0 Å². The van der Waals surface area contributed by atoms with Crippen molar-refractivity contribution in [3.63, 3.8) is 0 Å². The van der Waals surface area contributed by atoms with Gasteiger partial charge in [0.25, 0.3) is 15.7 Å². The molecule has 0 saturated carbocycles. The molecule has 0 bridgehead atoms. The van der Waals surface area contributed by atoms with E-state index in [2.05, 4.69) is 20.2 Å². The van der Waals surface area contributed by atoms with Gasteiger partial charge in [-0.05, 0) is 24.3 Å². The Balaban J connectivity index is 1.68. The van der Waals surface area contributed by atoms with Crippen LogP contribution in [-0.2, 0) is 10.0 Å². The maximum atomic E-state index is 13.1. The Morgan fingerprint density at radius 2 is 1.82 bits per heavy atom. The minimum absolute atomic E-state index is 0.0686. The van der Waals surface area contributed by atoms with E-state index in [-0.39, 0.29) is 22.0 Å². The molecule has 0 saturated heterocycles. The van der Waals surface area contributed by atoms with E-state index < -0.39 is 14.9 Å². The van der Waals surface area contributed by atoms with Crippen LogP contribution in [0.25, 0.3) is 10.9 Å². The number of fused-ring (bicyclic) bond motifs is 1. The van der Waals surface area contributed by atoms with Gasteiger partial charge in [-0.3, -0.25) is 20.3 Å². The second-order valence-corrected chi connectivity index (χ2v) is 8.55. The summed E-state index contributed by atoms with van der Waals surface area (Å²) < 4.78 is 33.9. The van der Waals surface area contributed by atoms with Gasteiger partial charge in [-0.15, -0.1) is 0 Å². The first kappa shape index (κ1) is 21.8. The monoisotopic (exact) mass is 465 g/mol. The Morgan fingerprint density at radius 1 is 1.06 bits per heavy atom. The van der Waals surface area contributed by atoms with Gasteiger partial charge in [0.15, 0.2) is 0 Å². The number of nitrogens with zero attached hydrogens (tertiary/aromatic N) is 2. The minimum atomic E-state index is -4.23. The summed E-state index contributed by atoms with van der Waals surface area (Å²) in [4.78, 5) is 13.4. The third-order valence-electron chi connectivity index (χ3n) is 4.83. The number of ether oxygens (including phenoxy) is 1. The molecule has 0 aliphatic carbocycles. The van der Waals surface area contributed by atoms with Gasteiger partial charge in [-0.1, -0.05) is 30.3 Å². The molecule has 11 heteroatoms. The topological polar surface area (TPSA) is 139 Å². The smallest absolute Gasteiger partial charge is 0.270 e. The van der Waals surface area contributed by atoms with Gasteiger partial charge in [0.05, 0.1) is 29.6 Å². The molecule has 33 heavy (non-hydrogen) atoms. The number of hydrazone groups is 1. The standard InChI is InChI=1S/C22H19N5O5S/c1-32-21-9-5-4-8-19(21)26-33(30,31)22-12-16(27(28)29)10-11-20(22)25-24-14-15-13-23-18-7-3-2-6-17(15)18/h2-14,23,25-26H,1H3. The van der Waals surface area contributed by atoms with E-state index in [1.54, 1.807) is 24.4 Å². The van der Waals surface area contributed by atoms with E-state index in [0.29, 0.717) is 5.75 Å². The normalized spacial score (nSPS) is 11.5. The van der Waals surface area contributed by atoms with Crippen LogP contribution in [-0.4, -0.2) is 31.6 Å². The number of para-hydroxylation sites is 3. The van der Waals surface area contributed by atoms with Crippen LogP contribution >= 0.6 is 0 Å². The van der Waals surface area contributed by atoms with Crippen molar-refractivity contribution in [2.75, 3.05) is 17.3 Å². The number of sulfonamides is 1. The molecule has 0 amide bonds. The molecule has 1 heterocycles. The number of hydrogen-bond donors (Lipinski definition) is 3. The molecule has 10 nitrogen and oxygen atoms in total. The second-order valence-electron chi connectivity index (χ2n) is 6.90. The molecule has 168 valence electrons. The fourth-order valence-electron chi connectivity index (χ4n) is 3.24. The molecule has 0 spiro atoms. The van der Waals surface area contributed by atoms with Crippen molar-refractivity contribution in [2.45, 2.75) is 4.90 Å². The van der Waals surface area contributed by atoms with Crippen molar-refractivity contribution >= 4 is 44.2 Å². The summed E-state index contributed by atoms with van der Waals surface area (Å²) in [6.07, 6.45) is 3.30. The largest absolute Gasteiger partial charge is 0.495 e. The van der Waals surface area contributed by atoms with Crippen molar-refractivity contribution < 1.29 is 18.1 Å². The molecule has 0 fully saturated rings. The highest BCUT2D eigenvalue weighted by atomic mass is 32.2. The van der Waals surface area contributed by atoms with Gasteiger partial charge in [-0.25, -0.2) is 8.42 Å². The van der Waals surface area contributed by atoms with Crippen molar-refractivity contribution in [3.05, 3.63) is 88.6 Å². The van der Waals surface area contributed by atoms with Crippen molar-refractivity contribution in [1.82, 2.24) is 4.98 Å². The number of benzene rings is 3. The van der Waals surface area contributed by atoms with Crippen LogP contribution in [0.5, 0.6) is 5.75 Å². The Morgan fingerprint density at radius 3 is 2.61 bits per heavy atom. The molecule has 4 rings (SSSR count). The number of aromatic amines is 1. The molecule has 4 aromatic rings.